The van der Waals surface area contributed by atoms with Gasteiger partial charge in [-0.05, 0) is 43.7 Å². The van der Waals surface area contributed by atoms with Crippen molar-refractivity contribution >= 4 is 0 Å². The Morgan fingerprint density at radius 3 is 2.38 bits per heavy atom. The van der Waals surface area contributed by atoms with Gasteiger partial charge in [0.15, 0.2) is 0 Å². The third-order valence-corrected chi connectivity index (χ3v) is 3.14. The summed E-state index contributed by atoms with van der Waals surface area (Å²) in [5, 5.41) is 18.5. The molecule has 108 valence electrons. The van der Waals surface area contributed by atoms with Crippen LogP contribution < -0.4 is 4.74 Å². The lowest BCUT2D eigenvalue weighted by Crippen LogP contribution is -2.14. The molecular formula is C17H16FNO2. The summed E-state index contributed by atoms with van der Waals surface area (Å²) < 4.78 is 19.2. The third-order valence-electron chi connectivity index (χ3n) is 3.14. The Morgan fingerprint density at radius 1 is 1.19 bits per heavy atom. The van der Waals surface area contributed by atoms with E-state index in [9.17, 15) is 9.50 Å². The molecule has 0 atom stereocenters. The molecule has 0 unspecified atom stereocenters. The number of hydrogen-bond acceptors (Lipinski definition) is 3. The number of benzene rings is 2. The van der Waals surface area contributed by atoms with Crippen molar-refractivity contribution in [3.8, 4) is 11.8 Å². The molecule has 0 fully saturated rings. The molecule has 21 heavy (non-hydrogen) atoms. The molecule has 1 N–H and O–H groups in total. The molecule has 0 aliphatic carbocycles. The average molecular weight is 285 g/mol. The van der Waals surface area contributed by atoms with Crippen molar-refractivity contribution in [1.29, 1.82) is 5.26 Å². The highest BCUT2D eigenvalue weighted by molar-refractivity contribution is 5.33. The normalized spacial score (nSPS) is 11.0. The van der Waals surface area contributed by atoms with E-state index >= 15 is 0 Å². The Morgan fingerprint density at radius 2 is 1.86 bits per heavy atom. The quantitative estimate of drug-likeness (QED) is 0.935. The largest absolute Gasteiger partial charge is 0.489 e. The van der Waals surface area contributed by atoms with Gasteiger partial charge in [-0.2, -0.15) is 5.26 Å². The second kappa shape index (κ2) is 5.94. The van der Waals surface area contributed by atoms with Gasteiger partial charge in [-0.25, -0.2) is 4.39 Å². The molecule has 0 aliphatic rings. The van der Waals surface area contributed by atoms with Crippen LogP contribution in [-0.2, 0) is 12.2 Å². The van der Waals surface area contributed by atoms with E-state index in [0.29, 0.717) is 11.3 Å². The number of nitrogens with zero attached hydrogens (tertiary/aromatic N) is 1. The monoisotopic (exact) mass is 285 g/mol. The van der Waals surface area contributed by atoms with Gasteiger partial charge in [0.2, 0.25) is 0 Å². The second-order valence-corrected chi connectivity index (χ2v) is 5.29. The summed E-state index contributed by atoms with van der Waals surface area (Å²) in [6.45, 7) is 3.49. The molecular weight excluding hydrogens is 269 g/mol. The Hall–Kier alpha value is -2.38. The first kappa shape index (κ1) is 15.0. The molecule has 0 aliphatic heterocycles. The van der Waals surface area contributed by atoms with Crippen LogP contribution in [0.3, 0.4) is 0 Å². The van der Waals surface area contributed by atoms with E-state index in [1.54, 1.807) is 50.2 Å². The predicted molar refractivity (Wildman–Crippen MR) is 77.1 cm³/mol. The zero-order valence-electron chi connectivity index (χ0n) is 11.9. The maximum atomic E-state index is 13.7. The van der Waals surface area contributed by atoms with Gasteiger partial charge >= 0.3 is 0 Å². The fraction of sp³-hybridized carbons (Fsp3) is 0.235. The van der Waals surface area contributed by atoms with E-state index in [2.05, 4.69) is 0 Å². The molecule has 0 radical (unpaired) electrons. The lowest BCUT2D eigenvalue weighted by atomic mass is 9.99. The first-order chi connectivity index (χ1) is 9.90. The summed E-state index contributed by atoms with van der Waals surface area (Å²) in [6.07, 6.45) is 0. The molecule has 0 heterocycles. The number of halogens is 1. The number of rotatable bonds is 4. The van der Waals surface area contributed by atoms with Crippen molar-refractivity contribution in [3.63, 3.8) is 0 Å². The Kier molecular flexibility index (Phi) is 4.25. The van der Waals surface area contributed by atoms with Crippen LogP contribution in [0.25, 0.3) is 0 Å². The molecule has 0 bridgehead atoms. The summed E-state index contributed by atoms with van der Waals surface area (Å²) in [6, 6.07) is 13.2. The molecule has 0 saturated carbocycles. The second-order valence-electron chi connectivity index (χ2n) is 5.29. The van der Waals surface area contributed by atoms with E-state index in [4.69, 9.17) is 10.00 Å². The number of ether oxygens (including phenoxy) is 1. The van der Waals surface area contributed by atoms with Crippen LogP contribution in [0.2, 0.25) is 0 Å². The summed E-state index contributed by atoms with van der Waals surface area (Å²) in [5.41, 5.74) is 0.545. The van der Waals surface area contributed by atoms with Crippen LogP contribution in [-0.4, -0.2) is 5.11 Å². The highest BCUT2D eigenvalue weighted by atomic mass is 19.1. The summed E-state index contributed by atoms with van der Waals surface area (Å²) in [4.78, 5) is 0. The van der Waals surface area contributed by atoms with Gasteiger partial charge < -0.3 is 9.84 Å². The van der Waals surface area contributed by atoms with E-state index in [1.165, 1.54) is 6.07 Å². The van der Waals surface area contributed by atoms with Crippen LogP contribution in [0.4, 0.5) is 4.39 Å². The van der Waals surface area contributed by atoms with Crippen LogP contribution in [0, 0.1) is 17.1 Å². The highest BCUT2D eigenvalue weighted by Crippen LogP contribution is 2.23. The number of nitriles is 1. The molecule has 2 aromatic rings. The van der Waals surface area contributed by atoms with E-state index in [1.807, 2.05) is 6.07 Å². The lowest BCUT2D eigenvalue weighted by molar-refractivity contribution is 0.0785. The lowest BCUT2D eigenvalue weighted by Gasteiger charge is -2.18. The summed E-state index contributed by atoms with van der Waals surface area (Å²) in [5.74, 6) is 0.133. The van der Waals surface area contributed by atoms with Gasteiger partial charge in [-0.15, -0.1) is 0 Å². The molecule has 4 heteroatoms. The van der Waals surface area contributed by atoms with Gasteiger partial charge in [0.05, 0.1) is 17.2 Å². The van der Waals surface area contributed by atoms with Gasteiger partial charge in [-0.1, -0.05) is 18.2 Å². The first-order valence-corrected chi connectivity index (χ1v) is 6.54. The van der Waals surface area contributed by atoms with Crippen LogP contribution in [0.1, 0.15) is 30.5 Å². The van der Waals surface area contributed by atoms with E-state index < -0.39 is 11.4 Å². The number of aliphatic hydroxyl groups is 1. The van der Waals surface area contributed by atoms with Crippen LogP contribution in [0.5, 0.6) is 5.75 Å². The highest BCUT2D eigenvalue weighted by Gasteiger charge is 2.15. The fourth-order valence-corrected chi connectivity index (χ4v) is 1.85. The van der Waals surface area contributed by atoms with Crippen molar-refractivity contribution in [1.82, 2.24) is 0 Å². The Balaban J connectivity index is 2.05. The average Bonchev–Trinajstić information content (AvgIpc) is 2.45. The van der Waals surface area contributed by atoms with Gasteiger partial charge in [0.1, 0.15) is 18.2 Å². The Labute approximate surface area is 123 Å². The zero-order chi connectivity index (χ0) is 15.5. The molecule has 0 amide bonds. The maximum Gasteiger partial charge on any atom is 0.131 e. The van der Waals surface area contributed by atoms with Gasteiger partial charge in [0, 0.05) is 5.56 Å². The maximum absolute atomic E-state index is 13.7. The fourth-order valence-electron chi connectivity index (χ4n) is 1.85. The smallest absolute Gasteiger partial charge is 0.131 e. The van der Waals surface area contributed by atoms with Gasteiger partial charge in [-0.3, -0.25) is 0 Å². The van der Waals surface area contributed by atoms with Crippen molar-refractivity contribution < 1.29 is 14.2 Å². The van der Waals surface area contributed by atoms with Crippen molar-refractivity contribution in [2.24, 2.45) is 0 Å². The Bertz CT molecular complexity index is 667. The first-order valence-electron chi connectivity index (χ1n) is 6.54. The molecule has 3 nitrogen and oxygen atoms in total. The summed E-state index contributed by atoms with van der Waals surface area (Å²) >= 11 is 0. The molecule has 0 aromatic heterocycles. The van der Waals surface area contributed by atoms with E-state index in [0.717, 1.165) is 5.56 Å². The van der Waals surface area contributed by atoms with Crippen molar-refractivity contribution in [2.45, 2.75) is 26.1 Å². The standard InChI is InChI=1S/C17H16FNO2/c1-17(2,20)14-5-7-15(8-6-14)21-11-13-4-3-12(10-19)9-16(13)18/h3-9,20H,11H2,1-2H3. The number of hydrogen-bond donors (Lipinski definition) is 1. The minimum atomic E-state index is -0.905. The topological polar surface area (TPSA) is 53.2 Å². The van der Waals surface area contributed by atoms with Gasteiger partial charge in [0.25, 0.3) is 0 Å². The van der Waals surface area contributed by atoms with E-state index in [-0.39, 0.29) is 12.2 Å². The summed E-state index contributed by atoms with van der Waals surface area (Å²) in [7, 11) is 0. The zero-order valence-corrected chi connectivity index (χ0v) is 11.9. The molecule has 0 saturated heterocycles. The third kappa shape index (κ3) is 3.80. The molecule has 2 rings (SSSR count). The minimum absolute atomic E-state index is 0.0827. The SMILES string of the molecule is CC(C)(O)c1ccc(OCc2ccc(C#N)cc2F)cc1. The minimum Gasteiger partial charge on any atom is -0.489 e. The van der Waals surface area contributed by atoms with Crippen molar-refractivity contribution in [3.05, 3.63) is 65.0 Å². The van der Waals surface area contributed by atoms with Crippen molar-refractivity contribution in [2.75, 3.05) is 0 Å². The predicted octanol–water partition coefficient (Wildman–Crippen LogP) is 3.50. The molecule has 2 aromatic carbocycles. The van der Waals surface area contributed by atoms with Crippen LogP contribution in [0.15, 0.2) is 42.5 Å². The van der Waals surface area contributed by atoms with Crippen LogP contribution >= 0.6 is 0 Å². The molecule has 0 spiro atoms.